The van der Waals surface area contributed by atoms with Crippen molar-refractivity contribution < 1.29 is 4.39 Å². The van der Waals surface area contributed by atoms with Crippen LogP contribution in [-0.4, -0.2) is 0 Å². The van der Waals surface area contributed by atoms with Gasteiger partial charge in [0.25, 0.3) is 0 Å². The maximum atomic E-state index is 13.7. The van der Waals surface area contributed by atoms with Gasteiger partial charge in [-0.2, -0.15) is 0 Å². The molecular formula is C12H14FI. The highest BCUT2D eigenvalue weighted by Crippen LogP contribution is 2.44. The molecule has 14 heavy (non-hydrogen) atoms. The molecule has 0 saturated heterocycles. The molecule has 2 heteroatoms. The van der Waals surface area contributed by atoms with Crippen molar-refractivity contribution in [1.82, 2.24) is 0 Å². The lowest BCUT2D eigenvalue weighted by molar-refractivity contribution is 0.592. The lowest BCUT2D eigenvalue weighted by Crippen LogP contribution is -2.00. The van der Waals surface area contributed by atoms with E-state index >= 15 is 0 Å². The van der Waals surface area contributed by atoms with Crippen LogP contribution in [0.5, 0.6) is 0 Å². The third kappa shape index (κ3) is 1.95. The van der Waals surface area contributed by atoms with Crippen molar-refractivity contribution in [2.75, 3.05) is 0 Å². The summed E-state index contributed by atoms with van der Waals surface area (Å²) in [6.07, 6.45) is 2.47. The van der Waals surface area contributed by atoms with E-state index in [1.807, 2.05) is 0 Å². The normalized spacial score (nSPS) is 16.4. The zero-order valence-corrected chi connectivity index (χ0v) is 10.6. The van der Waals surface area contributed by atoms with Crippen molar-refractivity contribution in [1.29, 1.82) is 0 Å². The van der Waals surface area contributed by atoms with Crippen LogP contribution in [0, 0.1) is 9.39 Å². The lowest BCUT2D eigenvalue weighted by atomic mass is 9.94. The lowest BCUT2D eigenvalue weighted by Gasteiger charge is -2.14. The van der Waals surface area contributed by atoms with Crippen molar-refractivity contribution in [3.05, 3.63) is 32.6 Å². The molecule has 1 saturated carbocycles. The first-order valence-corrected chi connectivity index (χ1v) is 6.16. The minimum Gasteiger partial charge on any atom is -0.207 e. The second-order valence-electron chi connectivity index (χ2n) is 4.32. The molecule has 0 atom stereocenters. The summed E-state index contributed by atoms with van der Waals surface area (Å²) >= 11 is 2.19. The molecule has 0 bridgehead atoms. The van der Waals surface area contributed by atoms with Gasteiger partial charge >= 0.3 is 0 Å². The van der Waals surface area contributed by atoms with Crippen molar-refractivity contribution >= 4 is 22.6 Å². The van der Waals surface area contributed by atoms with Gasteiger partial charge < -0.3 is 0 Å². The fraction of sp³-hybridized carbons (Fsp3) is 0.500. The van der Waals surface area contributed by atoms with Crippen LogP contribution in [0.4, 0.5) is 4.39 Å². The summed E-state index contributed by atoms with van der Waals surface area (Å²) < 4.78 is 14.8. The quantitative estimate of drug-likeness (QED) is 0.709. The molecule has 1 fully saturated rings. The Morgan fingerprint density at radius 1 is 1.36 bits per heavy atom. The van der Waals surface area contributed by atoms with Crippen molar-refractivity contribution in [2.45, 2.75) is 38.5 Å². The van der Waals surface area contributed by atoms with E-state index in [1.54, 1.807) is 6.07 Å². The number of benzene rings is 1. The molecule has 1 aromatic rings. The Labute approximate surface area is 98.0 Å². The van der Waals surface area contributed by atoms with E-state index in [-0.39, 0.29) is 5.82 Å². The van der Waals surface area contributed by atoms with Crippen molar-refractivity contribution in [3.63, 3.8) is 0 Å². The van der Waals surface area contributed by atoms with Gasteiger partial charge in [0.1, 0.15) is 5.82 Å². The topological polar surface area (TPSA) is 0 Å². The summed E-state index contributed by atoms with van der Waals surface area (Å²) in [5.41, 5.74) is 2.19. The third-order valence-corrected chi connectivity index (χ3v) is 3.34. The van der Waals surface area contributed by atoms with Gasteiger partial charge in [0.15, 0.2) is 0 Å². The molecule has 2 rings (SSSR count). The highest BCUT2D eigenvalue weighted by atomic mass is 127. The monoisotopic (exact) mass is 304 g/mol. The smallest absolute Gasteiger partial charge is 0.127 e. The molecule has 0 unspecified atom stereocenters. The van der Waals surface area contributed by atoms with Crippen LogP contribution in [0.25, 0.3) is 0 Å². The van der Waals surface area contributed by atoms with E-state index in [0.717, 1.165) is 9.13 Å². The number of hydrogen-bond acceptors (Lipinski definition) is 0. The van der Waals surface area contributed by atoms with Crippen LogP contribution in [0.3, 0.4) is 0 Å². The molecule has 0 spiro atoms. The SMILES string of the molecule is CC(C)c1c(F)cc(I)cc1C1CC1. The van der Waals surface area contributed by atoms with Crippen LogP contribution in [-0.2, 0) is 0 Å². The third-order valence-electron chi connectivity index (χ3n) is 2.72. The highest BCUT2D eigenvalue weighted by Gasteiger charge is 2.28. The summed E-state index contributed by atoms with van der Waals surface area (Å²) in [6, 6.07) is 3.79. The fourth-order valence-corrected chi connectivity index (χ4v) is 2.55. The van der Waals surface area contributed by atoms with Crippen LogP contribution in [0.15, 0.2) is 12.1 Å². The molecule has 76 valence electrons. The molecular weight excluding hydrogens is 290 g/mol. The first-order chi connectivity index (χ1) is 6.59. The Morgan fingerprint density at radius 3 is 2.50 bits per heavy atom. The number of rotatable bonds is 2. The van der Waals surface area contributed by atoms with Gasteiger partial charge in [-0.05, 0) is 70.5 Å². The standard InChI is InChI=1S/C12H14FI/c1-7(2)12-10(8-3-4-8)5-9(14)6-11(12)13/h5-8H,3-4H2,1-2H3. The second-order valence-corrected chi connectivity index (χ2v) is 5.57. The van der Waals surface area contributed by atoms with Gasteiger partial charge in [-0.25, -0.2) is 4.39 Å². The van der Waals surface area contributed by atoms with Crippen LogP contribution < -0.4 is 0 Å². The molecule has 0 amide bonds. The summed E-state index contributed by atoms with van der Waals surface area (Å²) in [4.78, 5) is 0. The minimum absolute atomic E-state index is 0.0196. The highest BCUT2D eigenvalue weighted by molar-refractivity contribution is 14.1. The van der Waals surface area contributed by atoms with Crippen LogP contribution in [0.1, 0.15) is 49.7 Å². The predicted molar refractivity (Wildman–Crippen MR) is 65.2 cm³/mol. The maximum absolute atomic E-state index is 13.7. The summed E-state index contributed by atoms with van der Waals surface area (Å²) in [7, 11) is 0. The average molecular weight is 304 g/mol. The van der Waals surface area contributed by atoms with Gasteiger partial charge in [0, 0.05) is 3.57 Å². The van der Waals surface area contributed by atoms with E-state index in [4.69, 9.17) is 0 Å². The number of hydrogen-bond donors (Lipinski definition) is 0. The average Bonchev–Trinajstić information content (AvgIpc) is 2.82. The molecule has 0 heterocycles. The first kappa shape index (κ1) is 10.4. The zero-order chi connectivity index (χ0) is 10.3. The Morgan fingerprint density at radius 2 is 2.00 bits per heavy atom. The Balaban J connectivity index is 2.53. The van der Waals surface area contributed by atoms with Crippen LogP contribution in [0.2, 0.25) is 0 Å². The van der Waals surface area contributed by atoms with E-state index in [1.165, 1.54) is 18.4 Å². The molecule has 0 aromatic heterocycles. The molecule has 0 N–H and O–H groups in total. The van der Waals surface area contributed by atoms with Gasteiger partial charge in [-0.15, -0.1) is 0 Å². The van der Waals surface area contributed by atoms with Gasteiger partial charge in [0.2, 0.25) is 0 Å². The largest absolute Gasteiger partial charge is 0.207 e. The van der Waals surface area contributed by atoms with Crippen LogP contribution >= 0.6 is 22.6 Å². The van der Waals surface area contributed by atoms with E-state index in [0.29, 0.717) is 11.8 Å². The van der Waals surface area contributed by atoms with E-state index in [2.05, 4.69) is 42.5 Å². The Bertz CT molecular complexity index is 354. The Hall–Kier alpha value is -0.120. The molecule has 1 aromatic carbocycles. The Kier molecular flexibility index (Phi) is 2.82. The minimum atomic E-state index is -0.0196. The second kappa shape index (κ2) is 3.80. The maximum Gasteiger partial charge on any atom is 0.127 e. The van der Waals surface area contributed by atoms with E-state index < -0.39 is 0 Å². The molecule has 0 radical (unpaired) electrons. The fourth-order valence-electron chi connectivity index (χ4n) is 1.95. The zero-order valence-electron chi connectivity index (χ0n) is 8.48. The van der Waals surface area contributed by atoms with Gasteiger partial charge in [0.05, 0.1) is 0 Å². The molecule has 0 nitrogen and oxygen atoms in total. The van der Waals surface area contributed by atoms with Gasteiger partial charge in [-0.3, -0.25) is 0 Å². The summed E-state index contributed by atoms with van der Waals surface area (Å²) in [5.74, 6) is 0.910. The predicted octanol–water partition coefficient (Wildman–Crippen LogP) is 4.43. The van der Waals surface area contributed by atoms with Crippen molar-refractivity contribution in [2.24, 2.45) is 0 Å². The molecule has 1 aliphatic rings. The number of halogens is 2. The summed E-state index contributed by atoms with van der Waals surface area (Å²) in [6.45, 7) is 4.13. The van der Waals surface area contributed by atoms with Crippen molar-refractivity contribution in [3.8, 4) is 0 Å². The first-order valence-electron chi connectivity index (χ1n) is 5.08. The molecule has 1 aliphatic carbocycles. The van der Waals surface area contributed by atoms with Gasteiger partial charge in [-0.1, -0.05) is 13.8 Å². The summed E-state index contributed by atoms with van der Waals surface area (Å²) in [5, 5.41) is 0. The molecule has 0 aliphatic heterocycles. The van der Waals surface area contributed by atoms with E-state index in [9.17, 15) is 4.39 Å².